The minimum absolute atomic E-state index is 0.727. The second-order valence-corrected chi connectivity index (χ2v) is 3.45. The van der Waals surface area contributed by atoms with Crippen molar-refractivity contribution in [3.8, 4) is 0 Å². The van der Waals surface area contributed by atoms with Gasteiger partial charge in [-0.25, -0.2) is 0 Å². The molecule has 0 radical (unpaired) electrons. The Morgan fingerprint density at radius 2 is 2.33 bits per heavy atom. The zero-order valence-electron chi connectivity index (χ0n) is 7.97. The van der Waals surface area contributed by atoms with Gasteiger partial charge in [0.05, 0.1) is 0 Å². The summed E-state index contributed by atoms with van der Waals surface area (Å²) in [6.45, 7) is 10.1. The lowest BCUT2D eigenvalue weighted by molar-refractivity contribution is 0.489. The summed E-state index contributed by atoms with van der Waals surface area (Å²) >= 11 is 0. The second-order valence-electron chi connectivity index (χ2n) is 3.45. The second kappa shape index (κ2) is 4.30. The molecule has 0 aromatic rings. The van der Waals surface area contributed by atoms with Crippen molar-refractivity contribution >= 4 is 0 Å². The molecule has 0 heteroatoms. The fourth-order valence-electron chi connectivity index (χ4n) is 1.92. The molecule has 1 saturated carbocycles. The first-order chi connectivity index (χ1) is 5.79. The Hall–Kier alpha value is -0.780. The monoisotopic (exact) mass is 162 g/mol. The first kappa shape index (κ1) is 9.31. The van der Waals surface area contributed by atoms with Crippen LogP contribution in [0.2, 0.25) is 0 Å². The van der Waals surface area contributed by atoms with Crippen molar-refractivity contribution in [1.82, 2.24) is 0 Å². The van der Waals surface area contributed by atoms with Crippen LogP contribution in [0, 0.1) is 5.92 Å². The molecule has 1 rings (SSSR count). The lowest BCUT2D eigenvalue weighted by Gasteiger charge is -2.25. The van der Waals surface area contributed by atoms with E-state index in [2.05, 4.69) is 26.2 Å². The van der Waals surface area contributed by atoms with Crippen LogP contribution in [-0.2, 0) is 0 Å². The molecule has 0 saturated heterocycles. The third-order valence-electron chi connectivity index (χ3n) is 2.72. The van der Waals surface area contributed by atoms with Gasteiger partial charge in [0.15, 0.2) is 0 Å². The van der Waals surface area contributed by atoms with E-state index in [9.17, 15) is 0 Å². The van der Waals surface area contributed by atoms with Gasteiger partial charge in [-0.05, 0) is 42.7 Å². The van der Waals surface area contributed by atoms with Crippen molar-refractivity contribution < 1.29 is 0 Å². The average Bonchev–Trinajstić information content (AvgIpc) is 2.09. The highest BCUT2D eigenvalue weighted by Gasteiger charge is 2.18. The molecule has 0 bridgehead atoms. The summed E-state index contributed by atoms with van der Waals surface area (Å²) in [6.07, 6.45) is 9.05. The van der Waals surface area contributed by atoms with E-state index in [0.29, 0.717) is 0 Å². The predicted molar refractivity (Wildman–Crippen MR) is 55.1 cm³/mol. The Morgan fingerprint density at radius 3 is 2.92 bits per heavy atom. The van der Waals surface area contributed by atoms with Gasteiger partial charge in [-0.15, -0.1) is 0 Å². The van der Waals surface area contributed by atoms with Gasteiger partial charge in [0.25, 0.3) is 0 Å². The van der Waals surface area contributed by atoms with Gasteiger partial charge in [0.1, 0.15) is 0 Å². The molecule has 1 fully saturated rings. The Kier molecular flexibility index (Phi) is 3.33. The number of rotatable bonds is 2. The van der Waals surface area contributed by atoms with E-state index in [1.165, 1.54) is 36.8 Å². The first-order valence-corrected chi connectivity index (χ1v) is 4.80. The average molecular weight is 162 g/mol. The molecule has 0 heterocycles. The van der Waals surface area contributed by atoms with Gasteiger partial charge in [-0.1, -0.05) is 32.2 Å². The van der Waals surface area contributed by atoms with Crippen LogP contribution in [-0.4, -0.2) is 0 Å². The normalized spacial score (nSPS) is 27.6. The maximum absolute atomic E-state index is 4.15. The van der Waals surface area contributed by atoms with Gasteiger partial charge in [0.2, 0.25) is 0 Å². The van der Waals surface area contributed by atoms with Gasteiger partial charge in [-0.3, -0.25) is 0 Å². The smallest absolute Gasteiger partial charge is 0.0168 e. The van der Waals surface area contributed by atoms with Crippen LogP contribution in [0.1, 0.15) is 32.6 Å². The van der Waals surface area contributed by atoms with E-state index in [1.807, 2.05) is 6.08 Å². The van der Waals surface area contributed by atoms with Crippen LogP contribution in [0.25, 0.3) is 0 Å². The van der Waals surface area contributed by atoms with Crippen LogP contribution < -0.4 is 0 Å². The van der Waals surface area contributed by atoms with Gasteiger partial charge < -0.3 is 0 Å². The van der Waals surface area contributed by atoms with E-state index in [1.54, 1.807) is 0 Å². The van der Waals surface area contributed by atoms with Crippen molar-refractivity contribution in [3.05, 3.63) is 36.5 Å². The molecule has 0 aromatic carbocycles. The van der Waals surface area contributed by atoms with E-state index >= 15 is 0 Å². The van der Waals surface area contributed by atoms with Gasteiger partial charge >= 0.3 is 0 Å². The summed E-state index contributed by atoms with van der Waals surface area (Å²) in [6, 6.07) is 0. The number of hydrogen-bond acceptors (Lipinski definition) is 0. The third kappa shape index (κ3) is 1.88. The maximum Gasteiger partial charge on any atom is -0.0168 e. The minimum Gasteiger partial charge on any atom is -0.0991 e. The third-order valence-corrected chi connectivity index (χ3v) is 2.72. The lowest BCUT2D eigenvalue weighted by Crippen LogP contribution is -2.10. The highest BCUT2D eigenvalue weighted by molar-refractivity contribution is 5.34. The molecule has 1 unspecified atom stereocenters. The van der Waals surface area contributed by atoms with Crippen LogP contribution in [0.4, 0.5) is 0 Å². The summed E-state index contributed by atoms with van der Waals surface area (Å²) in [5.74, 6) is 0.727. The fourth-order valence-corrected chi connectivity index (χ4v) is 1.92. The zero-order chi connectivity index (χ0) is 8.97. The van der Waals surface area contributed by atoms with Crippen LogP contribution in [0.3, 0.4) is 0 Å². The topological polar surface area (TPSA) is 0 Å². The summed E-state index contributed by atoms with van der Waals surface area (Å²) in [5, 5.41) is 0. The molecule has 1 atom stereocenters. The number of hydrogen-bond donors (Lipinski definition) is 0. The maximum atomic E-state index is 4.15. The predicted octanol–water partition coefficient (Wildman–Crippen LogP) is 3.87. The molecular formula is C12H18. The van der Waals surface area contributed by atoms with E-state index < -0.39 is 0 Å². The van der Waals surface area contributed by atoms with E-state index in [0.717, 1.165) is 5.92 Å². The highest BCUT2D eigenvalue weighted by atomic mass is 14.2. The Balaban J connectivity index is 2.72. The van der Waals surface area contributed by atoms with Crippen molar-refractivity contribution in [3.63, 3.8) is 0 Å². The Morgan fingerprint density at radius 1 is 1.58 bits per heavy atom. The SMILES string of the molecule is C=C/C=C1/CCCC(CC)C1=C. The summed E-state index contributed by atoms with van der Waals surface area (Å²) < 4.78 is 0. The molecule has 1 aliphatic rings. The fraction of sp³-hybridized carbons (Fsp3) is 0.500. The lowest BCUT2D eigenvalue weighted by atomic mass is 9.80. The van der Waals surface area contributed by atoms with E-state index in [-0.39, 0.29) is 0 Å². The van der Waals surface area contributed by atoms with Crippen molar-refractivity contribution in [2.45, 2.75) is 32.6 Å². The first-order valence-electron chi connectivity index (χ1n) is 4.80. The minimum atomic E-state index is 0.727. The van der Waals surface area contributed by atoms with Crippen molar-refractivity contribution in [1.29, 1.82) is 0 Å². The summed E-state index contributed by atoms with van der Waals surface area (Å²) in [5.41, 5.74) is 2.77. The standard InChI is InChI=1S/C12H18/c1-4-7-12-9-6-8-11(5-2)10(12)3/h4,7,11H,1,3,5-6,8-9H2,2H3/b12-7-. The Labute approximate surface area is 75.7 Å². The van der Waals surface area contributed by atoms with Gasteiger partial charge in [-0.2, -0.15) is 0 Å². The molecule has 0 amide bonds. The molecule has 0 aromatic heterocycles. The zero-order valence-corrected chi connectivity index (χ0v) is 7.97. The molecule has 1 aliphatic carbocycles. The molecule has 0 nitrogen and oxygen atoms in total. The quantitative estimate of drug-likeness (QED) is 0.578. The van der Waals surface area contributed by atoms with Crippen molar-refractivity contribution in [2.24, 2.45) is 5.92 Å². The van der Waals surface area contributed by atoms with Crippen molar-refractivity contribution in [2.75, 3.05) is 0 Å². The number of allylic oxidation sites excluding steroid dienone is 4. The molecule has 0 spiro atoms. The van der Waals surface area contributed by atoms with Crippen LogP contribution >= 0.6 is 0 Å². The summed E-state index contributed by atoms with van der Waals surface area (Å²) in [7, 11) is 0. The van der Waals surface area contributed by atoms with E-state index in [4.69, 9.17) is 0 Å². The molecule has 12 heavy (non-hydrogen) atoms. The largest absolute Gasteiger partial charge is 0.0991 e. The highest BCUT2D eigenvalue weighted by Crippen LogP contribution is 2.34. The molecule has 0 N–H and O–H groups in total. The van der Waals surface area contributed by atoms with Gasteiger partial charge in [0, 0.05) is 0 Å². The Bertz CT molecular complexity index is 208. The molecule has 0 aliphatic heterocycles. The molecule has 66 valence electrons. The van der Waals surface area contributed by atoms with Crippen LogP contribution in [0.15, 0.2) is 36.5 Å². The summed E-state index contributed by atoms with van der Waals surface area (Å²) in [4.78, 5) is 0. The van der Waals surface area contributed by atoms with Crippen LogP contribution in [0.5, 0.6) is 0 Å². The molecular weight excluding hydrogens is 144 g/mol.